The van der Waals surface area contributed by atoms with E-state index in [1.807, 2.05) is 36.4 Å². The van der Waals surface area contributed by atoms with Gasteiger partial charge in [-0.2, -0.15) is 0 Å². The lowest BCUT2D eigenvalue weighted by molar-refractivity contribution is -0.146. The predicted octanol–water partition coefficient (Wildman–Crippen LogP) is 4.32. The van der Waals surface area contributed by atoms with Crippen molar-refractivity contribution in [1.82, 2.24) is 10.6 Å². The number of benzene rings is 2. The Kier molecular flexibility index (Phi) is 27.6. The van der Waals surface area contributed by atoms with Crippen LogP contribution in [-0.4, -0.2) is 120 Å². The van der Waals surface area contributed by atoms with Crippen molar-refractivity contribution < 1.29 is 57.5 Å². The number of rotatable bonds is 36. The number of unbranched alkanes of at least 4 members (excludes halogenated alkanes) is 1. The average Bonchev–Trinajstić information content (AvgIpc) is 3.19. The Hall–Kier alpha value is -4.05. The summed E-state index contributed by atoms with van der Waals surface area (Å²) in [6.45, 7) is 4.91. The molecule has 0 aliphatic rings. The van der Waals surface area contributed by atoms with E-state index in [0.29, 0.717) is 110 Å². The van der Waals surface area contributed by atoms with Gasteiger partial charge in [-0.1, -0.05) is 60.7 Å². The van der Waals surface area contributed by atoms with E-state index in [1.54, 1.807) is 24.3 Å². The summed E-state index contributed by atoms with van der Waals surface area (Å²) in [5.74, 6) is -1.49. The van der Waals surface area contributed by atoms with Crippen LogP contribution in [-0.2, 0) is 54.2 Å². The van der Waals surface area contributed by atoms with E-state index in [0.717, 1.165) is 18.4 Å². The van der Waals surface area contributed by atoms with Crippen molar-refractivity contribution in [2.75, 3.05) is 79.2 Å². The van der Waals surface area contributed by atoms with Crippen LogP contribution in [0.5, 0.6) is 0 Å². The number of aliphatic carboxylic acids is 1. The minimum atomic E-state index is -1.01. The second kappa shape index (κ2) is 32.2. The van der Waals surface area contributed by atoms with Gasteiger partial charge in [0.2, 0.25) is 5.91 Å². The van der Waals surface area contributed by atoms with Gasteiger partial charge in [0.25, 0.3) is 0 Å². The zero-order chi connectivity index (χ0) is 39.6. The molecular weight excluding hydrogens is 712 g/mol. The minimum Gasteiger partial charge on any atom is -0.480 e. The van der Waals surface area contributed by atoms with Crippen LogP contribution in [0.1, 0.15) is 80.1 Å². The third-order valence-electron chi connectivity index (χ3n) is 8.11. The molecule has 0 saturated heterocycles. The van der Waals surface area contributed by atoms with Gasteiger partial charge in [0, 0.05) is 64.4 Å². The second-order valence-electron chi connectivity index (χ2n) is 12.7. The number of ether oxygens (including phenoxy) is 6. The van der Waals surface area contributed by atoms with Crippen molar-refractivity contribution in [3.8, 4) is 0 Å². The lowest BCUT2D eigenvalue weighted by Gasteiger charge is -2.14. The summed E-state index contributed by atoms with van der Waals surface area (Å²) < 4.78 is 32.7. The van der Waals surface area contributed by atoms with Crippen molar-refractivity contribution >= 4 is 29.4 Å². The highest BCUT2D eigenvalue weighted by molar-refractivity contribution is 5.97. The molecule has 55 heavy (non-hydrogen) atoms. The first kappa shape index (κ1) is 47.1. The second-order valence-corrected chi connectivity index (χ2v) is 12.7. The molecular formula is C41H60N2O12. The fraction of sp³-hybridized carbons (Fsp3) is 0.585. The van der Waals surface area contributed by atoms with E-state index in [-0.39, 0.29) is 56.0 Å². The van der Waals surface area contributed by atoms with Gasteiger partial charge in [-0.25, -0.2) is 0 Å². The molecule has 2 aromatic carbocycles. The minimum absolute atomic E-state index is 0.0571. The van der Waals surface area contributed by atoms with E-state index in [4.69, 9.17) is 28.4 Å². The van der Waals surface area contributed by atoms with Gasteiger partial charge in [0.15, 0.2) is 5.78 Å². The maximum Gasteiger partial charge on any atom is 0.320 e. The van der Waals surface area contributed by atoms with E-state index < -0.39 is 12.0 Å². The third kappa shape index (κ3) is 26.4. The van der Waals surface area contributed by atoms with Crippen molar-refractivity contribution in [3.63, 3.8) is 0 Å². The van der Waals surface area contributed by atoms with Crippen molar-refractivity contribution in [2.45, 2.75) is 76.9 Å². The Morgan fingerprint density at radius 1 is 0.582 bits per heavy atom. The zero-order valence-electron chi connectivity index (χ0n) is 32.1. The molecule has 0 spiro atoms. The van der Waals surface area contributed by atoms with Crippen LogP contribution < -0.4 is 10.6 Å². The maximum absolute atomic E-state index is 12.2. The smallest absolute Gasteiger partial charge is 0.320 e. The van der Waals surface area contributed by atoms with Gasteiger partial charge in [0.05, 0.1) is 46.0 Å². The Bertz CT molecular complexity index is 1330. The van der Waals surface area contributed by atoms with Crippen LogP contribution in [0.2, 0.25) is 0 Å². The Balaban J connectivity index is 1.27. The molecule has 1 atom stereocenters. The van der Waals surface area contributed by atoms with E-state index in [1.165, 1.54) is 0 Å². The number of carbonyl (C=O) groups is 5. The summed E-state index contributed by atoms with van der Waals surface area (Å²) in [7, 11) is 0. The molecule has 0 unspecified atom stereocenters. The number of esters is 1. The van der Waals surface area contributed by atoms with Gasteiger partial charge < -0.3 is 38.8 Å². The summed E-state index contributed by atoms with van der Waals surface area (Å²) in [5, 5.41) is 15.1. The molecule has 0 saturated carbocycles. The van der Waals surface area contributed by atoms with Crippen LogP contribution in [0.25, 0.3) is 0 Å². The first-order chi connectivity index (χ1) is 26.8. The Morgan fingerprint density at radius 3 is 1.82 bits per heavy atom. The molecule has 0 aliphatic heterocycles. The fourth-order valence-electron chi connectivity index (χ4n) is 5.01. The normalized spacial score (nSPS) is 11.6. The maximum atomic E-state index is 12.2. The number of carbonyl (C=O) groups excluding carboxylic acids is 4. The standard InChI is InChI=1S/C41H60N2O12/c44-36(18-27-51-25-10-23-50-24-11-26-52-29-20-40(47)55-33-34-12-3-1-4-13-34)16-9-22-53-30-31-54-28-19-39(46)42-21-8-7-17-37(41(48)49)43-32-38(45)35-14-5-2-6-15-35/h1-6,12-15,37,43H,7-11,16-33H2,(H,42,46)(H,48,49)/t37-/m0/s1. The van der Waals surface area contributed by atoms with Gasteiger partial charge in [-0.3, -0.25) is 29.3 Å². The molecule has 2 aromatic rings. The number of hydrogen-bond acceptors (Lipinski definition) is 12. The molecule has 14 heteroatoms. The lowest BCUT2D eigenvalue weighted by atomic mass is 10.1. The van der Waals surface area contributed by atoms with Crippen molar-refractivity contribution in [1.29, 1.82) is 0 Å². The number of carboxylic acid groups (broad SMARTS) is 1. The first-order valence-electron chi connectivity index (χ1n) is 19.3. The highest BCUT2D eigenvalue weighted by atomic mass is 16.5. The molecule has 3 N–H and O–H groups in total. The summed E-state index contributed by atoms with van der Waals surface area (Å²) in [6.07, 6.45) is 4.83. The van der Waals surface area contributed by atoms with E-state index >= 15 is 0 Å². The largest absolute Gasteiger partial charge is 0.480 e. The lowest BCUT2D eigenvalue weighted by Crippen LogP contribution is -2.39. The zero-order valence-corrected chi connectivity index (χ0v) is 32.1. The SMILES string of the molecule is O=C(CCCOCCOCCC(=O)NCCCC[C@H](NCC(=O)c1ccccc1)C(=O)O)CCOCCCOCCCOCCC(=O)OCc1ccccc1. The highest BCUT2D eigenvalue weighted by Crippen LogP contribution is 2.05. The molecule has 0 heterocycles. The third-order valence-corrected chi connectivity index (χ3v) is 8.11. The fourth-order valence-corrected chi connectivity index (χ4v) is 5.01. The number of hydrogen-bond donors (Lipinski definition) is 3. The average molecular weight is 773 g/mol. The van der Waals surface area contributed by atoms with Gasteiger partial charge in [-0.15, -0.1) is 0 Å². The van der Waals surface area contributed by atoms with E-state index in [2.05, 4.69) is 10.6 Å². The molecule has 0 aromatic heterocycles. The molecule has 0 aliphatic carbocycles. The molecule has 14 nitrogen and oxygen atoms in total. The molecule has 0 fully saturated rings. The van der Waals surface area contributed by atoms with Crippen molar-refractivity contribution in [3.05, 3.63) is 71.8 Å². The number of Topliss-reactive ketones (excluding diaryl/α,β-unsaturated/α-hetero) is 2. The quantitative estimate of drug-likeness (QED) is 0.0506. The topological polar surface area (TPSA) is 185 Å². The van der Waals surface area contributed by atoms with E-state index in [9.17, 15) is 29.1 Å². The molecule has 306 valence electrons. The molecule has 0 bridgehead atoms. The van der Waals surface area contributed by atoms with Crippen LogP contribution in [0.4, 0.5) is 0 Å². The predicted molar refractivity (Wildman–Crippen MR) is 205 cm³/mol. The van der Waals surface area contributed by atoms with Gasteiger partial charge in [-0.05, 0) is 44.1 Å². The summed E-state index contributed by atoms with van der Waals surface area (Å²) in [5.41, 5.74) is 1.48. The first-order valence-corrected chi connectivity index (χ1v) is 19.3. The Morgan fingerprint density at radius 2 is 1.15 bits per heavy atom. The van der Waals surface area contributed by atoms with Crippen LogP contribution in [0, 0.1) is 0 Å². The van der Waals surface area contributed by atoms with Crippen LogP contribution in [0.15, 0.2) is 60.7 Å². The highest BCUT2D eigenvalue weighted by Gasteiger charge is 2.18. The summed E-state index contributed by atoms with van der Waals surface area (Å²) in [6, 6.07) is 17.4. The Labute approximate surface area is 324 Å². The van der Waals surface area contributed by atoms with Crippen LogP contribution >= 0.6 is 0 Å². The monoisotopic (exact) mass is 772 g/mol. The number of carboxylic acids is 1. The molecule has 0 radical (unpaired) electrons. The molecule has 2 rings (SSSR count). The number of amides is 1. The number of ketones is 2. The molecule has 1 amide bonds. The van der Waals surface area contributed by atoms with Gasteiger partial charge in [0.1, 0.15) is 18.4 Å². The summed E-state index contributed by atoms with van der Waals surface area (Å²) in [4.78, 5) is 59.6. The van der Waals surface area contributed by atoms with Crippen molar-refractivity contribution in [2.24, 2.45) is 0 Å². The summed E-state index contributed by atoms with van der Waals surface area (Å²) >= 11 is 0. The van der Waals surface area contributed by atoms with Crippen LogP contribution in [0.3, 0.4) is 0 Å². The van der Waals surface area contributed by atoms with Gasteiger partial charge >= 0.3 is 11.9 Å². The number of nitrogens with one attached hydrogen (secondary N) is 2.